The van der Waals surface area contributed by atoms with Gasteiger partial charge in [0.05, 0.1) is 5.52 Å². The van der Waals surface area contributed by atoms with Crippen LogP contribution in [0.2, 0.25) is 0 Å². The lowest BCUT2D eigenvalue weighted by Crippen LogP contribution is -2.15. The second-order valence-electron chi connectivity index (χ2n) is 11.2. The summed E-state index contributed by atoms with van der Waals surface area (Å²) in [6.45, 7) is 13.2. The van der Waals surface area contributed by atoms with Gasteiger partial charge in [-0.25, -0.2) is 0 Å². The molecule has 0 fully saturated rings. The summed E-state index contributed by atoms with van der Waals surface area (Å²) in [5.74, 6) is 1.80. The molecule has 0 N–H and O–H groups in total. The molecule has 0 unspecified atom stereocenters. The van der Waals surface area contributed by atoms with Gasteiger partial charge in [0, 0.05) is 44.1 Å². The van der Waals surface area contributed by atoms with E-state index in [1.165, 1.54) is 5.57 Å². The van der Waals surface area contributed by atoms with Crippen molar-refractivity contribution in [2.75, 3.05) is 0 Å². The minimum Gasteiger partial charge on any atom is -0.460 e. The maximum absolute atomic E-state index is 13.9. The Morgan fingerprint density at radius 3 is 2.26 bits per heavy atom. The fourth-order valence-corrected chi connectivity index (χ4v) is 5.12. The SMILES string of the molecule is CC(C)(C)C1=CCc2c(c3ccccc3n2C(=O)c2ccc(Br)cc2)-c2oc(C(C)(C)C)cc21. The summed E-state index contributed by atoms with van der Waals surface area (Å²) in [5, 5.41) is 1.04. The van der Waals surface area contributed by atoms with Crippen molar-refractivity contribution in [1.82, 2.24) is 4.57 Å². The highest BCUT2D eigenvalue weighted by Gasteiger charge is 2.34. The van der Waals surface area contributed by atoms with E-state index in [0.717, 1.165) is 43.7 Å². The second-order valence-corrected chi connectivity index (χ2v) is 12.1. The van der Waals surface area contributed by atoms with E-state index in [4.69, 9.17) is 4.42 Å². The smallest absolute Gasteiger partial charge is 0.262 e. The monoisotopic (exact) mass is 515 g/mol. The molecule has 0 saturated carbocycles. The summed E-state index contributed by atoms with van der Waals surface area (Å²) in [5.41, 5.74) is 5.78. The van der Waals surface area contributed by atoms with Gasteiger partial charge >= 0.3 is 0 Å². The van der Waals surface area contributed by atoms with E-state index in [9.17, 15) is 4.79 Å². The fraction of sp³-hybridized carbons (Fsp3) is 0.300. The van der Waals surface area contributed by atoms with E-state index in [-0.39, 0.29) is 16.7 Å². The van der Waals surface area contributed by atoms with Gasteiger partial charge in [-0.15, -0.1) is 0 Å². The normalized spacial score (nSPS) is 13.9. The lowest BCUT2D eigenvalue weighted by molar-refractivity contribution is 0.0962. The van der Waals surface area contributed by atoms with Gasteiger partial charge < -0.3 is 4.42 Å². The predicted molar refractivity (Wildman–Crippen MR) is 143 cm³/mol. The number of benzene rings is 2. The van der Waals surface area contributed by atoms with Crippen LogP contribution in [0.25, 0.3) is 27.8 Å². The first-order valence-corrected chi connectivity index (χ1v) is 12.5. The minimum atomic E-state index is -0.124. The van der Waals surface area contributed by atoms with Crippen LogP contribution in [0.15, 0.2) is 69.6 Å². The van der Waals surface area contributed by atoms with Crippen LogP contribution in [-0.4, -0.2) is 10.5 Å². The lowest BCUT2D eigenvalue weighted by Gasteiger charge is -2.22. The molecule has 0 bridgehead atoms. The van der Waals surface area contributed by atoms with Gasteiger partial charge in [-0.3, -0.25) is 9.36 Å². The van der Waals surface area contributed by atoms with Crippen molar-refractivity contribution < 1.29 is 9.21 Å². The zero-order valence-corrected chi connectivity index (χ0v) is 22.2. The van der Waals surface area contributed by atoms with Crippen molar-refractivity contribution in [3.05, 3.63) is 87.7 Å². The number of nitrogens with zero attached hydrogens (tertiary/aromatic N) is 1. The molecule has 4 heteroatoms. The number of halogens is 1. The van der Waals surface area contributed by atoms with Crippen molar-refractivity contribution in [2.45, 2.75) is 53.4 Å². The highest BCUT2D eigenvalue weighted by Crippen LogP contribution is 2.48. The van der Waals surface area contributed by atoms with E-state index >= 15 is 0 Å². The third-order valence-electron chi connectivity index (χ3n) is 6.56. The Bertz CT molecular complexity index is 1450. The van der Waals surface area contributed by atoms with E-state index in [2.05, 4.69) is 75.7 Å². The number of allylic oxidation sites excluding steroid dienone is 2. The first kappa shape index (κ1) is 22.9. The first-order valence-electron chi connectivity index (χ1n) is 11.7. The average Bonchev–Trinajstić information content (AvgIpc) is 3.28. The van der Waals surface area contributed by atoms with Crippen molar-refractivity contribution >= 4 is 38.3 Å². The quantitative estimate of drug-likeness (QED) is 0.254. The summed E-state index contributed by atoms with van der Waals surface area (Å²) in [7, 11) is 0. The summed E-state index contributed by atoms with van der Waals surface area (Å²) >= 11 is 3.48. The van der Waals surface area contributed by atoms with E-state index in [1.54, 1.807) is 0 Å². The van der Waals surface area contributed by atoms with E-state index < -0.39 is 0 Å². The minimum absolute atomic E-state index is 0.0262. The zero-order chi connectivity index (χ0) is 24.4. The van der Waals surface area contributed by atoms with Crippen molar-refractivity contribution in [3.63, 3.8) is 0 Å². The summed E-state index contributed by atoms with van der Waals surface area (Å²) in [4.78, 5) is 13.9. The summed E-state index contributed by atoms with van der Waals surface area (Å²) in [6, 6.07) is 17.9. The first-order chi connectivity index (χ1) is 16.0. The van der Waals surface area contributed by atoms with Gasteiger partial charge in [0.15, 0.2) is 0 Å². The van der Waals surface area contributed by atoms with Gasteiger partial charge in [-0.1, -0.05) is 81.7 Å². The number of hydrogen-bond donors (Lipinski definition) is 0. The van der Waals surface area contributed by atoms with Crippen molar-refractivity contribution in [3.8, 4) is 11.3 Å². The van der Waals surface area contributed by atoms with Crippen LogP contribution >= 0.6 is 15.9 Å². The third-order valence-corrected chi connectivity index (χ3v) is 7.09. The predicted octanol–water partition coefficient (Wildman–Crippen LogP) is 8.64. The van der Waals surface area contributed by atoms with Crippen LogP contribution in [0.4, 0.5) is 0 Å². The topological polar surface area (TPSA) is 35.1 Å². The van der Waals surface area contributed by atoms with Gasteiger partial charge in [-0.05, 0) is 47.4 Å². The molecule has 0 saturated heterocycles. The molecule has 5 rings (SSSR count). The van der Waals surface area contributed by atoms with Crippen LogP contribution in [0.1, 0.15) is 68.9 Å². The number of fused-ring (bicyclic) bond motifs is 5. The molecule has 0 atom stereocenters. The molecule has 2 aromatic heterocycles. The highest BCUT2D eigenvalue weighted by atomic mass is 79.9. The van der Waals surface area contributed by atoms with Gasteiger partial charge in [0.1, 0.15) is 11.5 Å². The molecule has 2 heterocycles. The maximum atomic E-state index is 13.9. The second kappa shape index (κ2) is 7.84. The standard InChI is InChI=1S/C30H30BrNO2/c1-29(2,3)22-15-16-24-26(27-21(22)17-25(34-27)30(4,5)6)20-9-7-8-10-23(20)32(24)28(33)18-11-13-19(31)14-12-18/h7-15,17H,16H2,1-6H3. The largest absolute Gasteiger partial charge is 0.460 e. The number of rotatable bonds is 1. The molecule has 0 amide bonds. The number of hydrogen-bond acceptors (Lipinski definition) is 2. The van der Waals surface area contributed by atoms with Gasteiger partial charge in [0.25, 0.3) is 5.91 Å². The van der Waals surface area contributed by atoms with Gasteiger partial charge in [-0.2, -0.15) is 0 Å². The van der Waals surface area contributed by atoms with E-state index in [1.807, 2.05) is 47.0 Å². The molecular formula is C30H30BrNO2. The molecule has 0 spiro atoms. The van der Waals surface area contributed by atoms with Crippen LogP contribution < -0.4 is 0 Å². The number of para-hydroxylation sites is 1. The van der Waals surface area contributed by atoms with E-state index in [0.29, 0.717) is 12.0 Å². The molecule has 1 aliphatic carbocycles. The van der Waals surface area contributed by atoms with Crippen molar-refractivity contribution in [2.24, 2.45) is 5.41 Å². The Morgan fingerprint density at radius 2 is 1.62 bits per heavy atom. The Kier molecular flexibility index (Phi) is 5.29. The Balaban J connectivity index is 1.85. The zero-order valence-electron chi connectivity index (χ0n) is 20.6. The molecule has 0 radical (unpaired) electrons. The van der Waals surface area contributed by atoms with Crippen LogP contribution in [0.5, 0.6) is 0 Å². The molecule has 0 aliphatic heterocycles. The number of furan rings is 1. The van der Waals surface area contributed by atoms with Crippen LogP contribution in [0, 0.1) is 5.41 Å². The Hall–Kier alpha value is -2.85. The lowest BCUT2D eigenvalue weighted by atomic mass is 9.81. The third kappa shape index (κ3) is 3.69. The Morgan fingerprint density at radius 1 is 0.941 bits per heavy atom. The summed E-state index contributed by atoms with van der Waals surface area (Å²) in [6.07, 6.45) is 2.95. The number of aromatic nitrogens is 1. The summed E-state index contributed by atoms with van der Waals surface area (Å²) < 4.78 is 9.49. The molecular weight excluding hydrogens is 486 g/mol. The molecule has 1 aliphatic rings. The maximum Gasteiger partial charge on any atom is 0.262 e. The molecule has 4 aromatic rings. The molecule has 34 heavy (non-hydrogen) atoms. The number of carbonyl (C=O) groups is 1. The number of carbonyl (C=O) groups excluding carboxylic acids is 1. The average molecular weight is 516 g/mol. The van der Waals surface area contributed by atoms with Crippen LogP contribution in [-0.2, 0) is 11.8 Å². The van der Waals surface area contributed by atoms with Crippen molar-refractivity contribution in [1.29, 1.82) is 0 Å². The van der Waals surface area contributed by atoms with Gasteiger partial charge in [0.2, 0.25) is 0 Å². The fourth-order valence-electron chi connectivity index (χ4n) is 4.86. The Labute approximate surface area is 209 Å². The molecule has 3 nitrogen and oxygen atoms in total. The highest BCUT2D eigenvalue weighted by molar-refractivity contribution is 9.10. The molecule has 174 valence electrons. The van der Waals surface area contributed by atoms with Crippen LogP contribution in [0.3, 0.4) is 0 Å². The molecule has 2 aromatic carbocycles.